The van der Waals surface area contributed by atoms with E-state index in [1.165, 1.54) is 19.1 Å². The first-order valence-electron chi connectivity index (χ1n) is 8.52. The number of rotatable bonds is 5. The number of benzene rings is 2. The number of ether oxygens (including phenoxy) is 1. The Morgan fingerprint density at radius 3 is 2.45 bits per heavy atom. The summed E-state index contributed by atoms with van der Waals surface area (Å²) < 4.78 is 5.49. The van der Waals surface area contributed by atoms with Gasteiger partial charge >= 0.3 is 0 Å². The molecular formula is C20H19Cl2N3O3S. The summed E-state index contributed by atoms with van der Waals surface area (Å²) in [6.07, 6.45) is 2.12. The summed E-state index contributed by atoms with van der Waals surface area (Å²) in [5.74, 6) is -0.631. The molecule has 0 aliphatic rings. The molecule has 2 aromatic rings. The van der Waals surface area contributed by atoms with Crippen LogP contribution in [0, 0.1) is 6.92 Å². The molecule has 9 heteroatoms. The smallest absolute Gasteiger partial charge is 0.279 e. The van der Waals surface area contributed by atoms with E-state index in [-0.39, 0.29) is 10.1 Å². The maximum atomic E-state index is 12.1. The van der Waals surface area contributed by atoms with Crippen LogP contribution in [-0.2, 0) is 9.59 Å². The fraction of sp³-hybridized carbons (Fsp3) is 0.150. The highest BCUT2D eigenvalue weighted by atomic mass is 35.5. The molecule has 0 radical (unpaired) electrons. The molecule has 0 aliphatic carbocycles. The maximum Gasteiger partial charge on any atom is 0.279 e. The molecule has 2 rings (SSSR count). The van der Waals surface area contributed by atoms with Crippen molar-refractivity contribution in [1.82, 2.24) is 16.2 Å². The van der Waals surface area contributed by atoms with Gasteiger partial charge in [-0.25, -0.2) is 0 Å². The SMILES string of the molecule is Cc1ccc(C=CC(=O)NC(=S)NNC(=O)C(C)Oc2ccc(Cl)cc2Cl)cc1. The van der Waals surface area contributed by atoms with Crippen molar-refractivity contribution in [2.24, 2.45) is 0 Å². The van der Waals surface area contributed by atoms with E-state index in [2.05, 4.69) is 16.2 Å². The van der Waals surface area contributed by atoms with Crippen molar-refractivity contribution in [2.75, 3.05) is 0 Å². The predicted molar refractivity (Wildman–Crippen MR) is 119 cm³/mol. The third-order valence-corrected chi connectivity index (χ3v) is 4.34. The zero-order valence-corrected chi connectivity index (χ0v) is 18.0. The average Bonchev–Trinajstić information content (AvgIpc) is 2.67. The van der Waals surface area contributed by atoms with Crippen LogP contribution in [0.1, 0.15) is 18.1 Å². The van der Waals surface area contributed by atoms with E-state index < -0.39 is 17.9 Å². The number of halogens is 2. The Morgan fingerprint density at radius 2 is 1.79 bits per heavy atom. The lowest BCUT2D eigenvalue weighted by Crippen LogP contribution is -2.51. The molecule has 1 atom stereocenters. The highest BCUT2D eigenvalue weighted by Crippen LogP contribution is 2.28. The average molecular weight is 452 g/mol. The molecule has 152 valence electrons. The van der Waals surface area contributed by atoms with E-state index in [4.69, 9.17) is 40.2 Å². The Kier molecular flexibility index (Phi) is 8.45. The van der Waals surface area contributed by atoms with Gasteiger partial charge in [-0.2, -0.15) is 0 Å². The van der Waals surface area contributed by atoms with Crippen LogP contribution in [0.25, 0.3) is 6.08 Å². The molecule has 0 spiro atoms. The monoisotopic (exact) mass is 451 g/mol. The maximum absolute atomic E-state index is 12.1. The summed E-state index contributed by atoms with van der Waals surface area (Å²) in [5, 5.41) is 3.11. The van der Waals surface area contributed by atoms with Gasteiger partial charge in [-0.3, -0.25) is 25.8 Å². The van der Waals surface area contributed by atoms with E-state index in [9.17, 15) is 9.59 Å². The van der Waals surface area contributed by atoms with Crippen molar-refractivity contribution in [1.29, 1.82) is 0 Å². The molecule has 0 aromatic heterocycles. The number of carbonyl (C=O) groups is 2. The van der Waals surface area contributed by atoms with Crippen LogP contribution in [0.3, 0.4) is 0 Å². The van der Waals surface area contributed by atoms with Crippen molar-refractivity contribution in [3.63, 3.8) is 0 Å². The van der Waals surface area contributed by atoms with Gasteiger partial charge in [0.1, 0.15) is 5.75 Å². The van der Waals surface area contributed by atoms with Gasteiger partial charge in [-0.1, -0.05) is 53.0 Å². The minimum absolute atomic E-state index is 0.0615. The number of hydrazine groups is 1. The summed E-state index contributed by atoms with van der Waals surface area (Å²) in [4.78, 5) is 24.0. The van der Waals surface area contributed by atoms with Gasteiger partial charge < -0.3 is 4.74 Å². The minimum Gasteiger partial charge on any atom is -0.479 e. The Bertz CT molecular complexity index is 933. The highest BCUT2D eigenvalue weighted by Gasteiger charge is 2.16. The number of aryl methyl sites for hydroxylation is 1. The molecular weight excluding hydrogens is 433 g/mol. The first kappa shape index (κ1) is 22.7. The molecule has 3 N–H and O–H groups in total. The van der Waals surface area contributed by atoms with E-state index in [1.54, 1.807) is 18.2 Å². The Labute approximate surface area is 184 Å². The lowest BCUT2D eigenvalue weighted by molar-refractivity contribution is -0.128. The first-order chi connectivity index (χ1) is 13.7. The molecule has 0 saturated carbocycles. The van der Waals surface area contributed by atoms with Crippen LogP contribution in [0.4, 0.5) is 0 Å². The zero-order chi connectivity index (χ0) is 21.4. The van der Waals surface area contributed by atoms with E-state index in [1.807, 2.05) is 31.2 Å². The van der Waals surface area contributed by atoms with Crippen molar-refractivity contribution in [2.45, 2.75) is 20.0 Å². The number of hydrogen-bond acceptors (Lipinski definition) is 4. The second-order valence-corrected chi connectivity index (χ2v) is 7.26. The molecule has 0 bridgehead atoms. The van der Waals surface area contributed by atoms with E-state index >= 15 is 0 Å². The second-order valence-electron chi connectivity index (χ2n) is 6.01. The van der Waals surface area contributed by atoms with Gasteiger partial charge in [0.2, 0.25) is 5.91 Å². The summed E-state index contributed by atoms with van der Waals surface area (Å²) in [5.41, 5.74) is 6.81. The molecule has 6 nitrogen and oxygen atoms in total. The zero-order valence-electron chi connectivity index (χ0n) is 15.7. The van der Waals surface area contributed by atoms with E-state index in [0.29, 0.717) is 10.8 Å². The third kappa shape index (κ3) is 7.73. The summed E-state index contributed by atoms with van der Waals surface area (Å²) in [6.45, 7) is 3.52. The van der Waals surface area contributed by atoms with Gasteiger partial charge in [0.15, 0.2) is 11.2 Å². The summed E-state index contributed by atoms with van der Waals surface area (Å²) >= 11 is 16.8. The van der Waals surface area contributed by atoms with Crippen LogP contribution in [-0.4, -0.2) is 23.0 Å². The Morgan fingerprint density at radius 1 is 1.10 bits per heavy atom. The Hall–Kier alpha value is -2.61. The van der Waals surface area contributed by atoms with Gasteiger partial charge in [0.25, 0.3) is 5.91 Å². The number of hydrogen-bond donors (Lipinski definition) is 3. The lowest BCUT2D eigenvalue weighted by Gasteiger charge is -2.16. The largest absolute Gasteiger partial charge is 0.479 e. The standard InChI is InChI=1S/C20H19Cl2N3O3S/c1-12-3-5-14(6-4-12)7-10-18(26)23-20(29)25-24-19(27)13(2)28-17-9-8-15(21)11-16(17)22/h3-11,13H,1-2H3,(H,24,27)(H2,23,25,26,29). The molecule has 2 amide bonds. The topological polar surface area (TPSA) is 79.5 Å². The normalized spacial score (nSPS) is 11.6. The van der Waals surface area contributed by atoms with Gasteiger partial charge in [0, 0.05) is 11.1 Å². The van der Waals surface area contributed by atoms with Gasteiger partial charge in [0.05, 0.1) is 5.02 Å². The molecule has 0 fully saturated rings. The number of amides is 2. The van der Waals surface area contributed by atoms with Gasteiger partial charge in [-0.15, -0.1) is 0 Å². The van der Waals surface area contributed by atoms with E-state index in [0.717, 1.165) is 11.1 Å². The van der Waals surface area contributed by atoms with Crippen molar-refractivity contribution in [3.8, 4) is 5.75 Å². The van der Waals surface area contributed by atoms with Crippen LogP contribution >= 0.6 is 35.4 Å². The summed E-state index contributed by atoms with van der Waals surface area (Å²) in [7, 11) is 0. The van der Waals surface area contributed by atoms with Crippen LogP contribution in [0.5, 0.6) is 5.75 Å². The van der Waals surface area contributed by atoms with Crippen LogP contribution in [0.2, 0.25) is 10.0 Å². The van der Waals surface area contributed by atoms with Crippen LogP contribution < -0.4 is 20.9 Å². The molecule has 29 heavy (non-hydrogen) atoms. The third-order valence-electron chi connectivity index (χ3n) is 3.61. The number of carbonyl (C=O) groups excluding carboxylic acids is 2. The minimum atomic E-state index is -0.874. The number of nitrogens with one attached hydrogen (secondary N) is 3. The predicted octanol–water partition coefficient (Wildman–Crippen LogP) is 3.80. The fourth-order valence-corrected chi connectivity index (χ4v) is 2.67. The number of thiocarbonyl (C=S) groups is 1. The van der Waals surface area contributed by atoms with Crippen molar-refractivity contribution < 1.29 is 14.3 Å². The quantitative estimate of drug-likeness (QED) is 0.366. The molecule has 0 aliphatic heterocycles. The Balaban J connectivity index is 1.77. The molecule has 2 aromatic carbocycles. The second kappa shape index (κ2) is 10.8. The first-order valence-corrected chi connectivity index (χ1v) is 9.68. The fourth-order valence-electron chi connectivity index (χ4n) is 2.07. The molecule has 0 heterocycles. The summed E-state index contributed by atoms with van der Waals surface area (Å²) in [6, 6.07) is 12.3. The van der Waals surface area contributed by atoms with Crippen molar-refractivity contribution in [3.05, 3.63) is 69.7 Å². The van der Waals surface area contributed by atoms with Crippen LogP contribution in [0.15, 0.2) is 48.5 Å². The highest BCUT2D eigenvalue weighted by molar-refractivity contribution is 7.80. The molecule has 0 saturated heterocycles. The van der Waals surface area contributed by atoms with Crippen molar-refractivity contribution >= 4 is 58.4 Å². The molecule has 1 unspecified atom stereocenters. The lowest BCUT2D eigenvalue weighted by atomic mass is 10.1. The van der Waals surface area contributed by atoms with Gasteiger partial charge in [-0.05, 0) is 55.9 Å².